The summed E-state index contributed by atoms with van der Waals surface area (Å²) in [6.07, 6.45) is -3.94. The number of ketones is 2. The van der Waals surface area contributed by atoms with Crippen LogP contribution in [0.3, 0.4) is 0 Å². The van der Waals surface area contributed by atoms with Crippen LogP contribution in [-0.4, -0.2) is 119 Å². The summed E-state index contributed by atoms with van der Waals surface area (Å²) in [6, 6.07) is 9.59. The van der Waals surface area contributed by atoms with Crippen molar-refractivity contribution in [2.75, 3.05) is 13.7 Å². The van der Waals surface area contributed by atoms with Crippen molar-refractivity contribution in [3.05, 3.63) is 75.0 Å². The first-order chi connectivity index (χ1) is 29.4. The third kappa shape index (κ3) is 11.9. The van der Waals surface area contributed by atoms with Crippen molar-refractivity contribution in [3.63, 3.8) is 0 Å². The van der Waals surface area contributed by atoms with E-state index in [1.165, 1.54) is 19.2 Å². The number of Topliss-reactive ketones (excluding diaryl/α,β-unsaturated/α-hetero) is 2. The number of nitrogens with zero attached hydrogens (tertiary/aromatic N) is 3. The zero-order valence-electron chi connectivity index (χ0n) is 34.7. The molecule has 16 nitrogen and oxygen atoms in total. The normalized spacial score (nSPS) is 28.3. The molecule has 3 heterocycles. The Balaban J connectivity index is 0.919. The molecule has 1 aromatic heterocycles. The maximum absolute atomic E-state index is 13.1. The molecule has 0 radical (unpaired) electrons. The van der Waals surface area contributed by atoms with E-state index in [1.807, 2.05) is 18.2 Å². The Labute approximate surface area is 377 Å². The van der Waals surface area contributed by atoms with Gasteiger partial charge in [-0.25, -0.2) is 4.79 Å². The van der Waals surface area contributed by atoms with Gasteiger partial charge in [-0.2, -0.15) is 0 Å². The molecular formula is C41H50Cl2IN4O12S-. The van der Waals surface area contributed by atoms with Gasteiger partial charge in [-0.1, -0.05) is 47.5 Å². The molecule has 5 N–H and O–H groups in total. The Kier molecular flexibility index (Phi) is 15.9. The number of aliphatic hydroxyl groups excluding tert-OH is 3. The minimum atomic E-state index is -1.58. The maximum atomic E-state index is 13.1. The van der Waals surface area contributed by atoms with Gasteiger partial charge in [0, 0.05) is 20.0 Å². The number of methoxy groups -OCH3 is 1. The Morgan fingerprint density at radius 3 is 2.52 bits per heavy atom. The van der Waals surface area contributed by atoms with E-state index in [9.17, 15) is 39.6 Å². The molecule has 2 aliphatic heterocycles. The zero-order chi connectivity index (χ0) is 44.9. The predicted molar refractivity (Wildman–Crippen MR) is 219 cm³/mol. The number of esters is 1. The van der Waals surface area contributed by atoms with E-state index in [2.05, 4.69) is 29.5 Å². The SMILES string of the molecule is [3H]C12CC(CC(=O)CCCn3cc(CCC(=O)Cc4cccc(COc5c(Cl)cc(C(=O)OC[C@H]6O[C@@H](OC)[C@H](O)[C@@H](O)[C@@H]6O)cc5Cl)c4)nn3)C(NC(=O)O)C([I-]S1)C2(C)C. The molecule has 1 amide bonds. The van der Waals surface area contributed by atoms with Crippen molar-refractivity contribution < 1.29 is 79.7 Å². The van der Waals surface area contributed by atoms with E-state index < -0.39 is 74.4 Å². The molecule has 3 fully saturated rings. The number of carboxylic acid groups (broad SMARTS) is 1. The molecule has 1 aliphatic carbocycles. The van der Waals surface area contributed by atoms with E-state index in [0.717, 1.165) is 11.1 Å². The molecule has 0 spiro atoms. The summed E-state index contributed by atoms with van der Waals surface area (Å²) in [5.41, 5.74) is 1.85. The Morgan fingerprint density at radius 2 is 1.80 bits per heavy atom. The number of carbonyl (C=O) groups is 4. The second-order valence-electron chi connectivity index (χ2n) is 15.9. The third-order valence-corrected chi connectivity index (χ3v) is 19.1. The minimum absolute atomic E-state index is 0.00109. The number of fused-ring (bicyclic) bond motifs is 2. The van der Waals surface area contributed by atoms with E-state index in [-0.39, 0.29) is 80.1 Å². The third-order valence-electron chi connectivity index (χ3n) is 11.1. The fraction of sp³-hybridized carbons (Fsp3) is 0.561. The van der Waals surface area contributed by atoms with Crippen molar-refractivity contribution in [2.45, 2.75) is 118 Å². The van der Waals surface area contributed by atoms with E-state index >= 15 is 0 Å². The molecule has 334 valence electrons. The summed E-state index contributed by atoms with van der Waals surface area (Å²) in [5, 5.41) is 50.2. The average Bonchev–Trinajstić information content (AvgIpc) is 3.72. The van der Waals surface area contributed by atoms with Crippen LogP contribution in [0.25, 0.3) is 0 Å². The van der Waals surface area contributed by atoms with Crippen LogP contribution >= 0.6 is 32.1 Å². The molecule has 9 atom stereocenters. The monoisotopic (exact) mass is 1020 g/mol. The summed E-state index contributed by atoms with van der Waals surface area (Å²) < 4.78 is 32.3. The fourth-order valence-electron chi connectivity index (χ4n) is 7.67. The topological polar surface area (TPSA) is 229 Å². The number of alkyl halides is 1. The molecule has 4 unspecified atom stereocenters. The van der Waals surface area contributed by atoms with Gasteiger partial charge in [0.25, 0.3) is 0 Å². The fourth-order valence-corrected chi connectivity index (χ4v) is 17.6. The summed E-state index contributed by atoms with van der Waals surface area (Å²) in [7, 11) is 2.92. The number of amides is 1. The van der Waals surface area contributed by atoms with Gasteiger partial charge in [-0.15, -0.1) is 0 Å². The second kappa shape index (κ2) is 21.1. The van der Waals surface area contributed by atoms with Crippen LogP contribution < -0.4 is 29.9 Å². The van der Waals surface area contributed by atoms with Crippen LogP contribution in [0.1, 0.15) is 74.5 Å². The number of benzene rings is 2. The van der Waals surface area contributed by atoms with Crippen LogP contribution in [0.2, 0.25) is 10.0 Å². The van der Waals surface area contributed by atoms with Gasteiger partial charge >= 0.3 is 174 Å². The van der Waals surface area contributed by atoms with E-state index in [4.69, 9.17) is 43.5 Å². The van der Waals surface area contributed by atoms with Crippen LogP contribution in [0.4, 0.5) is 4.79 Å². The zero-order valence-corrected chi connectivity index (χ0v) is 38.2. The number of aliphatic hydroxyl groups is 3. The second-order valence-corrected chi connectivity index (χ2v) is 21.7. The van der Waals surface area contributed by atoms with Gasteiger partial charge in [-0.05, 0) is 23.3 Å². The number of aromatic nitrogens is 3. The van der Waals surface area contributed by atoms with Gasteiger partial charge < -0.3 is 34.3 Å². The summed E-state index contributed by atoms with van der Waals surface area (Å²) in [5.74, 6) is -0.874. The number of halogens is 3. The molecule has 3 aromatic rings. The molecule has 2 saturated heterocycles. The van der Waals surface area contributed by atoms with Gasteiger partial charge in [0.1, 0.15) is 43.4 Å². The van der Waals surface area contributed by atoms with Gasteiger partial charge in [0.15, 0.2) is 12.0 Å². The van der Waals surface area contributed by atoms with Crippen molar-refractivity contribution in [3.8, 4) is 5.75 Å². The van der Waals surface area contributed by atoms with Crippen LogP contribution in [0, 0.1) is 11.3 Å². The Hall–Kier alpha value is -3.08. The van der Waals surface area contributed by atoms with Gasteiger partial charge in [0.05, 0.1) is 15.6 Å². The number of nitrogens with one attached hydrogen (secondary N) is 1. The molecule has 20 heteroatoms. The van der Waals surface area contributed by atoms with Crippen LogP contribution in [0.15, 0.2) is 42.6 Å². The molecule has 2 bridgehead atoms. The molecule has 2 aromatic carbocycles. The molecule has 6 rings (SSSR count). The Morgan fingerprint density at radius 1 is 1.07 bits per heavy atom. The number of rotatable bonds is 19. The van der Waals surface area contributed by atoms with Crippen LogP contribution in [-0.2, 0) is 49.8 Å². The van der Waals surface area contributed by atoms with Crippen LogP contribution in [0.5, 0.6) is 5.75 Å². The average molecular weight is 1020 g/mol. The van der Waals surface area contributed by atoms with Gasteiger partial charge in [-0.3, -0.25) is 4.79 Å². The first-order valence-corrected chi connectivity index (χ1v) is 25.1. The van der Waals surface area contributed by atoms with Gasteiger partial charge in [0.2, 0.25) is 0 Å². The standard InChI is InChI=1S/C41H50Cl2IN4O12S/c1-41(2)31-17-23(32(45-40(55)56)37(41)44-61-31)14-26(49)8-5-11-48-18-25(46-47-48)9-10-27(50)13-21-6-4-7-22(12-21)19-58-36-28(42)15-24(16-29(36)43)38(54)59-20-30-33(51)34(52)35(53)39(57-3)60-30/h4,6-7,12,15-16,18,23,30-35,37,39,45,51-53H,5,8-11,13-14,17,19-20H2,1-3H3,(H,55,56)/q-1/t23?,30-,31?,32?,33-,34+,35-,37?,39-/m1/s1/i31T. The quantitative estimate of drug-likeness (QED) is 0.0651. The van der Waals surface area contributed by atoms with E-state index in [0.29, 0.717) is 37.9 Å². The van der Waals surface area contributed by atoms with Crippen molar-refractivity contribution in [2.24, 2.45) is 11.3 Å². The summed E-state index contributed by atoms with van der Waals surface area (Å²) in [4.78, 5) is 50.5. The van der Waals surface area contributed by atoms with Crippen molar-refractivity contribution >= 4 is 55.8 Å². The van der Waals surface area contributed by atoms with Crippen molar-refractivity contribution in [1.82, 2.24) is 20.3 Å². The number of hydrogen-bond donors (Lipinski definition) is 5. The molecule has 3 aliphatic rings. The molecule has 61 heavy (non-hydrogen) atoms. The van der Waals surface area contributed by atoms with Crippen molar-refractivity contribution in [1.29, 1.82) is 0 Å². The number of hydrogen-bond acceptors (Lipinski definition) is 14. The first kappa shape index (κ1) is 45.9. The number of ether oxygens (including phenoxy) is 4. The number of aryl methyl sites for hydroxylation is 2. The first-order valence-electron chi connectivity index (χ1n) is 20.2. The van der Waals surface area contributed by atoms with E-state index in [1.54, 1.807) is 25.9 Å². The number of carbonyl (C=O) groups excluding carboxylic acids is 3. The summed E-state index contributed by atoms with van der Waals surface area (Å²) in [6.45, 7) is 4.16. The predicted octanol–water partition coefficient (Wildman–Crippen LogP) is 1.43. The molecule has 1 saturated carbocycles. The molecular weight excluding hydrogens is 970 g/mol. The Bertz CT molecular complexity index is 2090. The summed E-state index contributed by atoms with van der Waals surface area (Å²) >= 11 is 12.4.